The predicted octanol–water partition coefficient (Wildman–Crippen LogP) is 3.01. The summed E-state index contributed by atoms with van der Waals surface area (Å²) in [5.41, 5.74) is 1.17. The molecule has 0 aromatic heterocycles. The van der Waals surface area contributed by atoms with E-state index < -0.39 is 0 Å². The first-order valence-electron chi connectivity index (χ1n) is 10.5. The molecule has 8 heteroatoms. The molecule has 0 amide bonds. The molecule has 0 spiro atoms. The molecule has 1 aromatic rings. The number of guanidine groups is 1. The van der Waals surface area contributed by atoms with Crippen LogP contribution in [0.1, 0.15) is 30.9 Å². The van der Waals surface area contributed by atoms with Gasteiger partial charge >= 0.3 is 0 Å². The number of nitrogens with one attached hydrogen (secondary N) is 1. The second-order valence-corrected chi connectivity index (χ2v) is 7.55. The molecule has 0 radical (unpaired) electrons. The summed E-state index contributed by atoms with van der Waals surface area (Å²) in [6.45, 7) is 4.20. The van der Waals surface area contributed by atoms with Crippen molar-refractivity contribution in [3.8, 4) is 5.75 Å². The Morgan fingerprint density at radius 1 is 1.20 bits per heavy atom. The molecule has 1 heterocycles. The molecule has 30 heavy (non-hydrogen) atoms. The average Bonchev–Trinajstić information content (AvgIpc) is 2.75. The monoisotopic (exact) mass is 534 g/mol. The predicted molar refractivity (Wildman–Crippen MR) is 133 cm³/mol. The molecular weight excluding hydrogens is 495 g/mol. The number of likely N-dealkylation sites (N-methyl/N-ethyl adjacent to an activating group) is 1. The third-order valence-corrected chi connectivity index (χ3v) is 5.37. The highest BCUT2D eigenvalue weighted by atomic mass is 127. The Hall–Kier alpha value is -1.10. The van der Waals surface area contributed by atoms with Gasteiger partial charge in [-0.2, -0.15) is 0 Å². The average molecular weight is 534 g/mol. The number of nitrogens with zero attached hydrogens (tertiary/aromatic N) is 3. The molecule has 172 valence electrons. The Kier molecular flexibility index (Phi) is 13.3. The van der Waals surface area contributed by atoms with Crippen molar-refractivity contribution in [1.29, 1.82) is 0 Å². The van der Waals surface area contributed by atoms with Crippen molar-refractivity contribution >= 4 is 29.9 Å². The largest absolute Gasteiger partial charge is 0.496 e. The Labute approximate surface area is 199 Å². The molecule has 1 aliphatic rings. The number of para-hydroxylation sites is 1. The highest BCUT2D eigenvalue weighted by Crippen LogP contribution is 2.27. The number of likely N-dealkylation sites (tertiary alicyclic amines) is 1. The Balaban J connectivity index is 0.00000450. The van der Waals surface area contributed by atoms with Gasteiger partial charge in [0.05, 0.1) is 19.3 Å². The van der Waals surface area contributed by atoms with Crippen LogP contribution in [0.2, 0.25) is 0 Å². The molecule has 1 unspecified atom stereocenters. The Morgan fingerprint density at radius 3 is 2.50 bits per heavy atom. The van der Waals surface area contributed by atoms with Gasteiger partial charge in [0, 0.05) is 52.6 Å². The number of benzene rings is 1. The number of methoxy groups -OCH3 is 2. The van der Waals surface area contributed by atoms with Crippen LogP contribution in [-0.4, -0.2) is 90.1 Å². The number of rotatable bonds is 10. The molecule has 7 nitrogen and oxygen atoms in total. The lowest BCUT2D eigenvalue weighted by Crippen LogP contribution is -2.48. The number of aliphatic imine (C=N–C) groups is 1. The number of ether oxygens (including phenoxy) is 3. The highest BCUT2D eigenvalue weighted by Gasteiger charge is 2.24. The summed E-state index contributed by atoms with van der Waals surface area (Å²) < 4.78 is 16.6. The summed E-state index contributed by atoms with van der Waals surface area (Å²) in [5.74, 6) is 1.86. The normalized spacial score (nSPS) is 16.3. The van der Waals surface area contributed by atoms with Crippen LogP contribution in [0, 0.1) is 0 Å². The van der Waals surface area contributed by atoms with E-state index in [4.69, 9.17) is 14.2 Å². The minimum atomic E-state index is 0. The maximum atomic E-state index is 5.97. The summed E-state index contributed by atoms with van der Waals surface area (Å²) in [6.07, 6.45) is 3.34. The van der Waals surface area contributed by atoms with Crippen LogP contribution >= 0.6 is 24.0 Å². The minimum Gasteiger partial charge on any atom is -0.496 e. The lowest BCUT2D eigenvalue weighted by Gasteiger charge is -2.35. The van der Waals surface area contributed by atoms with Crippen molar-refractivity contribution in [1.82, 2.24) is 15.1 Å². The van der Waals surface area contributed by atoms with Crippen LogP contribution in [-0.2, 0) is 9.47 Å². The van der Waals surface area contributed by atoms with E-state index in [1.807, 2.05) is 19.2 Å². The van der Waals surface area contributed by atoms with Crippen LogP contribution in [0.5, 0.6) is 5.75 Å². The third kappa shape index (κ3) is 8.20. The molecule has 2 rings (SSSR count). The second-order valence-electron chi connectivity index (χ2n) is 7.55. The van der Waals surface area contributed by atoms with Gasteiger partial charge in [0.1, 0.15) is 5.75 Å². The SMILES string of the molecule is CN=C(NCC(c1ccccc1OC)N(C)C)N1CCC(OCCCOC)CC1.I. The lowest BCUT2D eigenvalue weighted by atomic mass is 10.0. The van der Waals surface area contributed by atoms with E-state index in [0.29, 0.717) is 6.10 Å². The molecule has 0 bridgehead atoms. The highest BCUT2D eigenvalue weighted by molar-refractivity contribution is 14.0. The molecular formula is C22H39IN4O3. The van der Waals surface area contributed by atoms with Gasteiger partial charge < -0.3 is 29.3 Å². The zero-order chi connectivity index (χ0) is 21.1. The van der Waals surface area contributed by atoms with Gasteiger partial charge in [0.25, 0.3) is 0 Å². The van der Waals surface area contributed by atoms with Gasteiger partial charge in [0.2, 0.25) is 0 Å². The summed E-state index contributed by atoms with van der Waals surface area (Å²) in [5, 5.41) is 3.57. The van der Waals surface area contributed by atoms with E-state index in [0.717, 1.165) is 63.8 Å². The van der Waals surface area contributed by atoms with Crippen LogP contribution in [0.4, 0.5) is 0 Å². The van der Waals surface area contributed by atoms with Crippen molar-refractivity contribution < 1.29 is 14.2 Å². The van der Waals surface area contributed by atoms with Crippen molar-refractivity contribution in [3.63, 3.8) is 0 Å². The smallest absolute Gasteiger partial charge is 0.193 e. The van der Waals surface area contributed by atoms with Gasteiger partial charge in [-0.05, 0) is 39.4 Å². The summed E-state index contributed by atoms with van der Waals surface area (Å²) >= 11 is 0. The van der Waals surface area contributed by atoms with E-state index in [1.54, 1.807) is 14.2 Å². The molecule has 1 aromatic carbocycles. The van der Waals surface area contributed by atoms with E-state index in [1.165, 1.54) is 5.56 Å². The number of halogens is 1. The van der Waals surface area contributed by atoms with E-state index in [9.17, 15) is 0 Å². The first-order chi connectivity index (χ1) is 14.1. The fraction of sp³-hybridized carbons (Fsp3) is 0.682. The summed E-state index contributed by atoms with van der Waals surface area (Å²) in [7, 11) is 9.48. The van der Waals surface area contributed by atoms with Gasteiger partial charge in [-0.3, -0.25) is 4.99 Å². The van der Waals surface area contributed by atoms with Crippen LogP contribution < -0.4 is 10.1 Å². The van der Waals surface area contributed by atoms with Crippen LogP contribution in [0.15, 0.2) is 29.3 Å². The maximum Gasteiger partial charge on any atom is 0.193 e. The lowest BCUT2D eigenvalue weighted by molar-refractivity contribution is 0.00987. The molecule has 1 N–H and O–H groups in total. The fourth-order valence-corrected chi connectivity index (χ4v) is 3.72. The molecule has 1 atom stereocenters. The van der Waals surface area contributed by atoms with Crippen molar-refractivity contribution in [3.05, 3.63) is 29.8 Å². The molecule has 0 aliphatic carbocycles. The zero-order valence-electron chi connectivity index (χ0n) is 19.1. The second kappa shape index (κ2) is 14.8. The molecule has 0 saturated carbocycles. The van der Waals surface area contributed by atoms with E-state index in [-0.39, 0.29) is 30.0 Å². The summed E-state index contributed by atoms with van der Waals surface area (Å²) in [6, 6.07) is 8.38. The van der Waals surface area contributed by atoms with Crippen LogP contribution in [0.3, 0.4) is 0 Å². The molecule has 1 saturated heterocycles. The Morgan fingerprint density at radius 2 is 1.90 bits per heavy atom. The standard InChI is InChI=1S/C22H38N4O3.HI/c1-23-22(26-13-11-18(12-14-26)29-16-8-15-27-4)24-17-20(25(2)3)19-9-6-7-10-21(19)28-5;/h6-7,9-10,18,20H,8,11-17H2,1-5H3,(H,23,24);1H. The molecule has 1 fully saturated rings. The van der Waals surface area contributed by atoms with Gasteiger partial charge in [-0.1, -0.05) is 18.2 Å². The first kappa shape index (κ1) is 26.9. The van der Waals surface area contributed by atoms with E-state index >= 15 is 0 Å². The van der Waals surface area contributed by atoms with Crippen molar-refractivity contribution in [2.75, 3.05) is 68.2 Å². The van der Waals surface area contributed by atoms with E-state index in [2.05, 4.69) is 46.3 Å². The minimum absolute atomic E-state index is 0. The molecule has 1 aliphatic heterocycles. The topological polar surface area (TPSA) is 58.6 Å². The van der Waals surface area contributed by atoms with Crippen LogP contribution in [0.25, 0.3) is 0 Å². The van der Waals surface area contributed by atoms with Crippen molar-refractivity contribution in [2.24, 2.45) is 4.99 Å². The fourth-order valence-electron chi connectivity index (χ4n) is 3.72. The third-order valence-electron chi connectivity index (χ3n) is 5.37. The van der Waals surface area contributed by atoms with Gasteiger partial charge in [-0.25, -0.2) is 0 Å². The number of hydrogen-bond acceptors (Lipinski definition) is 5. The quantitative estimate of drug-likeness (QED) is 0.216. The van der Waals surface area contributed by atoms with Crippen molar-refractivity contribution in [2.45, 2.75) is 31.4 Å². The number of piperidine rings is 1. The van der Waals surface area contributed by atoms with Gasteiger partial charge in [0.15, 0.2) is 5.96 Å². The number of hydrogen-bond donors (Lipinski definition) is 1. The Bertz CT molecular complexity index is 622. The summed E-state index contributed by atoms with van der Waals surface area (Å²) in [4.78, 5) is 9.05. The van der Waals surface area contributed by atoms with Gasteiger partial charge in [-0.15, -0.1) is 24.0 Å². The zero-order valence-corrected chi connectivity index (χ0v) is 21.4. The first-order valence-corrected chi connectivity index (χ1v) is 10.5. The maximum absolute atomic E-state index is 5.97.